The molecular formula is C22H22N2O6S. The maximum atomic E-state index is 12.7. The first-order chi connectivity index (χ1) is 14.7. The highest BCUT2D eigenvalue weighted by atomic mass is 32.2. The zero-order chi connectivity index (χ0) is 22.4. The third-order valence-corrected chi connectivity index (χ3v) is 5.90. The Morgan fingerprint density at radius 2 is 1.77 bits per heavy atom. The van der Waals surface area contributed by atoms with Crippen molar-refractivity contribution < 1.29 is 27.2 Å². The number of ether oxygens (including phenoxy) is 1. The van der Waals surface area contributed by atoms with Crippen LogP contribution in [0.3, 0.4) is 0 Å². The molecule has 0 fully saturated rings. The quantitative estimate of drug-likeness (QED) is 0.518. The second-order valence-electron chi connectivity index (χ2n) is 6.88. The van der Waals surface area contributed by atoms with E-state index in [1.54, 1.807) is 31.2 Å². The van der Waals surface area contributed by atoms with E-state index in [2.05, 4.69) is 10.0 Å². The fourth-order valence-electron chi connectivity index (χ4n) is 2.75. The maximum absolute atomic E-state index is 12.7. The molecule has 1 aromatic heterocycles. The summed E-state index contributed by atoms with van der Waals surface area (Å²) >= 11 is 0. The summed E-state index contributed by atoms with van der Waals surface area (Å²) in [6.07, 6.45) is 1.49. The summed E-state index contributed by atoms with van der Waals surface area (Å²) in [6.45, 7) is 3.28. The molecule has 1 amide bonds. The van der Waals surface area contributed by atoms with Gasteiger partial charge in [0.2, 0.25) is 0 Å². The number of furan rings is 1. The molecule has 3 rings (SSSR count). The van der Waals surface area contributed by atoms with Gasteiger partial charge < -0.3 is 14.5 Å². The Morgan fingerprint density at radius 3 is 2.45 bits per heavy atom. The number of carbonyl (C=O) groups excluding carboxylic acids is 2. The monoisotopic (exact) mass is 442 g/mol. The summed E-state index contributed by atoms with van der Waals surface area (Å²) in [4.78, 5) is 24.1. The SMILES string of the molecule is Cc1ccc(C)c(S(=O)(=O)Nc2ccc(C(=O)OCC(=O)NCc3ccco3)cc2)c1. The van der Waals surface area contributed by atoms with E-state index in [-0.39, 0.29) is 17.0 Å². The second kappa shape index (κ2) is 9.48. The molecule has 2 aromatic carbocycles. The Bertz CT molecular complexity index is 1170. The van der Waals surface area contributed by atoms with Crippen molar-refractivity contribution in [3.63, 3.8) is 0 Å². The van der Waals surface area contributed by atoms with E-state index < -0.39 is 28.5 Å². The summed E-state index contributed by atoms with van der Waals surface area (Å²) in [5, 5.41) is 2.56. The standard InChI is InChI=1S/C22H22N2O6S/c1-15-5-6-16(2)20(12-15)31(27,28)24-18-9-7-17(8-10-18)22(26)30-14-21(25)23-13-19-4-3-11-29-19/h3-12,24H,13-14H2,1-2H3,(H,23,25). The van der Waals surface area contributed by atoms with Gasteiger partial charge in [-0.3, -0.25) is 9.52 Å². The van der Waals surface area contributed by atoms with E-state index in [4.69, 9.17) is 9.15 Å². The molecule has 3 aromatic rings. The van der Waals surface area contributed by atoms with Gasteiger partial charge in [0.1, 0.15) is 5.76 Å². The summed E-state index contributed by atoms with van der Waals surface area (Å²) < 4.78 is 37.9. The van der Waals surface area contributed by atoms with E-state index >= 15 is 0 Å². The molecule has 0 aliphatic carbocycles. The number of esters is 1. The summed E-state index contributed by atoms with van der Waals surface area (Å²) in [6, 6.07) is 14.3. The first kappa shape index (κ1) is 22.1. The van der Waals surface area contributed by atoms with E-state index in [1.165, 1.54) is 30.5 Å². The van der Waals surface area contributed by atoms with Crippen molar-refractivity contribution in [2.45, 2.75) is 25.3 Å². The lowest BCUT2D eigenvalue weighted by molar-refractivity contribution is -0.124. The van der Waals surface area contributed by atoms with Crippen LogP contribution in [0.1, 0.15) is 27.2 Å². The maximum Gasteiger partial charge on any atom is 0.338 e. The number of nitrogens with one attached hydrogen (secondary N) is 2. The molecule has 9 heteroatoms. The summed E-state index contributed by atoms with van der Waals surface area (Å²) in [7, 11) is -3.77. The summed E-state index contributed by atoms with van der Waals surface area (Å²) in [5.74, 6) is -0.585. The Morgan fingerprint density at radius 1 is 1.03 bits per heavy atom. The molecule has 2 N–H and O–H groups in total. The van der Waals surface area contributed by atoms with Crippen molar-refractivity contribution >= 4 is 27.6 Å². The molecule has 1 heterocycles. The van der Waals surface area contributed by atoms with Crippen LogP contribution >= 0.6 is 0 Å². The molecular weight excluding hydrogens is 420 g/mol. The summed E-state index contributed by atoms with van der Waals surface area (Å²) in [5.41, 5.74) is 1.95. The molecule has 0 radical (unpaired) electrons. The minimum absolute atomic E-state index is 0.188. The van der Waals surface area contributed by atoms with Gasteiger partial charge in [0.05, 0.1) is 23.3 Å². The van der Waals surface area contributed by atoms with Crippen molar-refractivity contribution in [2.24, 2.45) is 0 Å². The number of sulfonamides is 1. The molecule has 8 nitrogen and oxygen atoms in total. The Kier molecular flexibility index (Phi) is 6.76. The number of hydrogen-bond donors (Lipinski definition) is 2. The highest BCUT2D eigenvalue weighted by molar-refractivity contribution is 7.92. The zero-order valence-corrected chi connectivity index (χ0v) is 17.9. The van der Waals surface area contributed by atoms with Crippen LogP contribution in [0.4, 0.5) is 5.69 Å². The topological polar surface area (TPSA) is 115 Å². The molecule has 0 aliphatic rings. The number of rotatable bonds is 8. The number of carbonyl (C=O) groups is 2. The Labute approximate surface area is 180 Å². The van der Waals surface area contributed by atoms with Crippen LogP contribution in [0, 0.1) is 13.8 Å². The van der Waals surface area contributed by atoms with Crippen LogP contribution in [0.25, 0.3) is 0 Å². The zero-order valence-electron chi connectivity index (χ0n) is 17.0. The van der Waals surface area contributed by atoms with Gasteiger partial charge >= 0.3 is 5.97 Å². The Balaban J connectivity index is 1.56. The first-order valence-electron chi connectivity index (χ1n) is 9.41. The predicted octanol–water partition coefficient (Wildman–Crippen LogP) is 3.17. The average Bonchev–Trinajstić information content (AvgIpc) is 3.26. The smallest absolute Gasteiger partial charge is 0.338 e. The van der Waals surface area contributed by atoms with Crippen molar-refractivity contribution in [3.05, 3.63) is 83.3 Å². The van der Waals surface area contributed by atoms with Crippen LogP contribution in [0.15, 0.2) is 70.2 Å². The van der Waals surface area contributed by atoms with Crippen LogP contribution < -0.4 is 10.0 Å². The van der Waals surface area contributed by atoms with Gasteiger partial charge in [-0.15, -0.1) is 0 Å². The average molecular weight is 442 g/mol. The lowest BCUT2D eigenvalue weighted by Gasteiger charge is -2.11. The Hall–Kier alpha value is -3.59. The fraction of sp³-hybridized carbons (Fsp3) is 0.182. The van der Waals surface area contributed by atoms with E-state index in [0.717, 1.165) is 5.56 Å². The van der Waals surface area contributed by atoms with E-state index in [9.17, 15) is 18.0 Å². The highest BCUT2D eigenvalue weighted by Crippen LogP contribution is 2.21. The fourth-order valence-corrected chi connectivity index (χ4v) is 4.13. The number of hydrogen-bond acceptors (Lipinski definition) is 6. The number of anilines is 1. The number of aryl methyl sites for hydroxylation is 2. The van der Waals surface area contributed by atoms with Crippen molar-refractivity contribution in [2.75, 3.05) is 11.3 Å². The van der Waals surface area contributed by atoms with E-state index in [0.29, 0.717) is 17.0 Å². The van der Waals surface area contributed by atoms with Gasteiger partial charge in [-0.2, -0.15) is 0 Å². The van der Waals surface area contributed by atoms with Gasteiger partial charge in [-0.25, -0.2) is 13.2 Å². The second-order valence-corrected chi connectivity index (χ2v) is 8.53. The lowest BCUT2D eigenvalue weighted by atomic mass is 10.2. The minimum Gasteiger partial charge on any atom is -0.467 e. The van der Waals surface area contributed by atoms with Gasteiger partial charge in [-0.05, 0) is 67.4 Å². The van der Waals surface area contributed by atoms with Crippen LogP contribution in [-0.2, 0) is 26.1 Å². The first-order valence-corrected chi connectivity index (χ1v) is 10.9. The molecule has 0 atom stereocenters. The molecule has 0 bridgehead atoms. The predicted molar refractivity (Wildman–Crippen MR) is 114 cm³/mol. The van der Waals surface area contributed by atoms with E-state index in [1.807, 2.05) is 13.0 Å². The lowest BCUT2D eigenvalue weighted by Crippen LogP contribution is -2.28. The van der Waals surface area contributed by atoms with Gasteiger partial charge in [-0.1, -0.05) is 12.1 Å². The van der Waals surface area contributed by atoms with Gasteiger partial charge in [0.25, 0.3) is 15.9 Å². The molecule has 0 spiro atoms. The molecule has 31 heavy (non-hydrogen) atoms. The van der Waals surface area contributed by atoms with Crippen LogP contribution in [0.2, 0.25) is 0 Å². The molecule has 0 saturated heterocycles. The molecule has 0 saturated carbocycles. The highest BCUT2D eigenvalue weighted by Gasteiger charge is 2.18. The van der Waals surface area contributed by atoms with Crippen molar-refractivity contribution in [1.29, 1.82) is 0 Å². The van der Waals surface area contributed by atoms with Crippen LogP contribution in [-0.4, -0.2) is 26.9 Å². The van der Waals surface area contributed by atoms with Crippen molar-refractivity contribution in [1.82, 2.24) is 5.32 Å². The van der Waals surface area contributed by atoms with Gasteiger partial charge in [0.15, 0.2) is 6.61 Å². The number of amides is 1. The third-order valence-electron chi connectivity index (χ3n) is 4.38. The van der Waals surface area contributed by atoms with Crippen LogP contribution in [0.5, 0.6) is 0 Å². The van der Waals surface area contributed by atoms with Crippen molar-refractivity contribution in [3.8, 4) is 0 Å². The minimum atomic E-state index is -3.77. The number of benzene rings is 2. The largest absolute Gasteiger partial charge is 0.467 e. The molecule has 0 unspecified atom stereocenters. The van der Waals surface area contributed by atoms with Gasteiger partial charge in [0, 0.05) is 5.69 Å². The molecule has 0 aliphatic heterocycles. The third kappa shape index (κ3) is 5.95. The normalized spacial score (nSPS) is 11.0. The molecule has 162 valence electrons.